The van der Waals surface area contributed by atoms with Crippen LogP contribution in [0.3, 0.4) is 0 Å². The molecule has 0 atom stereocenters. The summed E-state index contributed by atoms with van der Waals surface area (Å²) in [5.74, 6) is 1.84. The van der Waals surface area contributed by atoms with Gasteiger partial charge >= 0.3 is 0 Å². The maximum atomic E-state index is 7.02. The summed E-state index contributed by atoms with van der Waals surface area (Å²) in [6, 6.07) is 69.3. The zero-order valence-electron chi connectivity index (χ0n) is 29.8. The van der Waals surface area contributed by atoms with Gasteiger partial charge in [-0.05, 0) is 63.7 Å². The third kappa shape index (κ3) is 6.16. The van der Waals surface area contributed by atoms with Gasteiger partial charge in [0.2, 0.25) is 0 Å². The van der Waals surface area contributed by atoms with Crippen molar-refractivity contribution in [1.29, 1.82) is 0 Å². The van der Waals surface area contributed by atoms with E-state index >= 15 is 0 Å². The number of para-hydroxylation sites is 1. The monoisotopic (exact) mass is 703 g/mol. The molecule has 4 nitrogen and oxygen atoms in total. The van der Waals surface area contributed by atoms with E-state index in [4.69, 9.17) is 19.4 Å². The third-order valence-corrected chi connectivity index (χ3v) is 10.1. The van der Waals surface area contributed by atoms with Gasteiger partial charge < -0.3 is 4.42 Å². The number of hydrogen-bond acceptors (Lipinski definition) is 4. The second kappa shape index (κ2) is 13.8. The molecule has 0 spiro atoms. The summed E-state index contributed by atoms with van der Waals surface area (Å²) in [6.07, 6.45) is 0. The molecule has 2 aromatic heterocycles. The maximum absolute atomic E-state index is 7.02. The van der Waals surface area contributed by atoms with E-state index in [2.05, 4.69) is 127 Å². The van der Waals surface area contributed by atoms with Gasteiger partial charge in [0.05, 0.1) is 0 Å². The smallest absolute Gasteiger partial charge is 0.164 e. The number of fused-ring (bicyclic) bond motifs is 3. The fraction of sp³-hybridized carbons (Fsp3) is 0. The van der Waals surface area contributed by atoms with Crippen molar-refractivity contribution in [1.82, 2.24) is 15.0 Å². The number of hydrogen-bond donors (Lipinski definition) is 0. The largest absolute Gasteiger partial charge is 0.455 e. The Morgan fingerprint density at radius 1 is 0.255 bits per heavy atom. The van der Waals surface area contributed by atoms with E-state index in [9.17, 15) is 0 Å². The van der Waals surface area contributed by atoms with Gasteiger partial charge in [-0.15, -0.1) is 0 Å². The van der Waals surface area contributed by atoms with Crippen molar-refractivity contribution in [3.8, 4) is 78.7 Å². The minimum absolute atomic E-state index is 0.596. The molecule has 0 aliphatic carbocycles. The predicted molar refractivity (Wildman–Crippen MR) is 225 cm³/mol. The van der Waals surface area contributed by atoms with Crippen LogP contribution >= 0.6 is 0 Å². The molecule has 0 saturated carbocycles. The summed E-state index contributed by atoms with van der Waals surface area (Å²) < 4.78 is 7.02. The summed E-state index contributed by atoms with van der Waals surface area (Å²) in [5.41, 5.74) is 13.0. The molecule has 258 valence electrons. The summed E-state index contributed by atoms with van der Waals surface area (Å²) in [6.45, 7) is 0. The first-order valence-corrected chi connectivity index (χ1v) is 18.4. The lowest BCUT2D eigenvalue weighted by Gasteiger charge is -2.14. The van der Waals surface area contributed by atoms with Gasteiger partial charge in [0.25, 0.3) is 0 Å². The molecule has 0 fully saturated rings. The number of rotatable bonds is 7. The summed E-state index contributed by atoms with van der Waals surface area (Å²) in [7, 11) is 0. The minimum atomic E-state index is 0.596. The van der Waals surface area contributed by atoms with Gasteiger partial charge in [-0.1, -0.05) is 170 Å². The first kappa shape index (κ1) is 32.2. The van der Waals surface area contributed by atoms with E-state index in [1.54, 1.807) is 0 Å². The van der Waals surface area contributed by atoms with Gasteiger partial charge in [-0.25, -0.2) is 15.0 Å². The van der Waals surface area contributed by atoms with Crippen molar-refractivity contribution in [3.63, 3.8) is 0 Å². The highest BCUT2D eigenvalue weighted by Crippen LogP contribution is 2.44. The molecule has 0 amide bonds. The highest BCUT2D eigenvalue weighted by Gasteiger charge is 2.20. The Kier molecular flexibility index (Phi) is 8.12. The van der Waals surface area contributed by atoms with Crippen LogP contribution in [-0.4, -0.2) is 15.0 Å². The molecule has 0 unspecified atom stereocenters. The molecular weight excluding hydrogens is 671 g/mol. The molecule has 10 rings (SSSR count). The lowest BCUT2D eigenvalue weighted by atomic mass is 9.92. The number of furan rings is 1. The minimum Gasteiger partial charge on any atom is -0.455 e. The Morgan fingerprint density at radius 3 is 1.22 bits per heavy atom. The second-order valence-corrected chi connectivity index (χ2v) is 13.6. The van der Waals surface area contributed by atoms with Crippen molar-refractivity contribution >= 4 is 21.9 Å². The van der Waals surface area contributed by atoms with Crippen LogP contribution in [0, 0.1) is 0 Å². The molecule has 55 heavy (non-hydrogen) atoms. The molecule has 0 bridgehead atoms. The zero-order chi connectivity index (χ0) is 36.6. The highest BCUT2D eigenvalue weighted by atomic mass is 16.3. The van der Waals surface area contributed by atoms with Crippen molar-refractivity contribution in [3.05, 3.63) is 200 Å². The Hall–Kier alpha value is -7.43. The summed E-state index contributed by atoms with van der Waals surface area (Å²) >= 11 is 0. The quantitative estimate of drug-likeness (QED) is 0.166. The van der Waals surface area contributed by atoms with E-state index in [0.717, 1.165) is 83.1 Å². The first-order chi connectivity index (χ1) is 27.2. The van der Waals surface area contributed by atoms with E-state index in [-0.39, 0.29) is 0 Å². The van der Waals surface area contributed by atoms with Crippen molar-refractivity contribution in [2.75, 3.05) is 0 Å². The molecule has 2 heterocycles. The number of aromatic nitrogens is 3. The van der Waals surface area contributed by atoms with Crippen LogP contribution < -0.4 is 0 Å². The Balaban J connectivity index is 1.26. The lowest BCUT2D eigenvalue weighted by molar-refractivity contribution is 0.671. The number of nitrogens with zero attached hydrogens (tertiary/aromatic N) is 3. The van der Waals surface area contributed by atoms with E-state index < -0.39 is 0 Å². The molecular formula is C51H33N3O. The van der Waals surface area contributed by atoms with Gasteiger partial charge in [-0.2, -0.15) is 0 Å². The molecule has 10 aromatic rings. The Bertz CT molecular complexity index is 2890. The first-order valence-electron chi connectivity index (χ1n) is 18.4. The van der Waals surface area contributed by atoms with Crippen LogP contribution in [0.25, 0.3) is 101 Å². The van der Waals surface area contributed by atoms with Crippen LogP contribution in [0.1, 0.15) is 0 Å². The van der Waals surface area contributed by atoms with E-state index in [1.807, 2.05) is 72.8 Å². The Labute approximate surface area is 319 Å². The highest BCUT2D eigenvalue weighted by molar-refractivity contribution is 6.14. The normalized spacial score (nSPS) is 11.3. The van der Waals surface area contributed by atoms with Crippen LogP contribution in [0.5, 0.6) is 0 Å². The van der Waals surface area contributed by atoms with Crippen LogP contribution in [0.15, 0.2) is 205 Å². The third-order valence-electron chi connectivity index (χ3n) is 10.1. The van der Waals surface area contributed by atoms with E-state index in [0.29, 0.717) is 17.5 Å². The van der Waals surface area contributed by atoms with Crippen molar-refractivity contribution < 1.29 is 4.42 Å². The molecule has 0 aliphatic heterocycles. The zero-order valence-corrected chi connectivity index (χ0v) is 29.8. The average Bonchev–Trinajstić information content (AvgIpc) is 3.66. The molecule has 0 aliphatic rings. The Morgan fingerprint density at radius 2 is 0.673 bits per heavy atom. The van der Waals surface area contributed by atoms with Crippen LogP contribution in [-0.2, 0) is 0 Å². The topological polar surface area (TPSA) is 51.8 Å². The molecule has 0 radical (unpaired) electrons. The molecule has 0 N–H and O–H groups in total. The fourth-order valence-corrected chi connectivity index (χ4v) is 7.40. The second-order valence-electron chi connectivity index (χ2n) is 13.6. The van der Waals surface area contributed by atoms with Gasteiger partial charge in [0, 0.05) is 38.6 Å². The lowest BCUT2D eigenvalue weighted by Crippen LogP contribution is -2.00. The predicted octanol–water partition coefficient (Wildman–Crippen LogP) is 13.4. The van der Waals surface area contributed by atoms with Crippen molar-refractivity contribution in [2.24, 2.45) is 0 Å². The molecule has 0 saturated heterocycles. The molecule has 8 aromatic carbocycles. The number of benzene rings is 8. The van der Waals surface area contributed by atoms with E-state index in [1.165, 1.54) is 0 Å². The fourth-order valence-electron chi connectivity index (χ4n) is 7.40. The summed E-state index contributed by atoms with van der Waals surface area (Å²) in [4.78, 5) is 15.2. The van der Waals surface area contributed by atoms with Gasteiger partial charge in [0.1, 0.15) is 11.2 Å². The van der Waals surface area contributed by atoms with Crippen LogP contribution in [0.4, 0.5) is 0 Å². The average molecular weight is 704 g/mol. The van der Waals surface area contributed by atoms with Gasteiger partial charge in [0.15, 0.2) is 17.5 Å². The van der Waals surface area contributed by atoms with Crippen molar-refractivity contribution in [2.45, 2.75) is 0 Å². The standard InChI is InChI=1S/C51H33N3O/c1-6-17-34(18-7-1)39-29-41(31-42(30-39)51-53-49(37-23-12-4-13-24-37)52-50(54-51)38-25-14-5-15-26-38)45-32-40(35-19-8-2-9-20-35)33-46-44-28-16-27-43(47(44)55-48(45)46)36-21-10-3-11-22-36/h1-33H. The SMILES string of the molecule is c1ccc(-c2cc(-c3nc(-c4ccccc4)nc(-c4ccccc4)n3)cc(-c3cc(-c4ccccc4)cc4c3oc3c(-c5ccccc5)cccc34)c2)cc1. The molecule has 4 heteroatoms. The van der Waals surface area contributed by atoms with Crippen LogP contribution in [0.2, 0.25) is 0 Å². The summed E-state index contributed by atoms with van der Waals surface area (Å²) in [5, 5.41) is 2.14. The van der Waals surface area contributed by atoms with Gasteiger partial charge in [-0.3, -0.25) is 0 Å². The maximum Gasteiger partial charge on any atom is 0.164 e.